The van der Waals surface area contributed by atoms with Gasteiger partial charge in [0.25, 0.3) is 0 Å². The van der Waals surface area contributed by atoms with Crippen molar-refractivity contribution in [1.29, 1.82) is 0 Å². The molecule has 0 N–H and O–H groups in total. The van der Waals surface area contributed by atoms with Crippen LogP contribution in [0.1, 0.15) is 111 Å². The fourth-order valence-electron chi connectivity index (χ4n) is 0. The Balaban J connectivity index is -0.00000000159. The molecule has 0 heterocycles. The van der Waals surface area contributed by atoms with Crippen LogP contribution < -0.4 is 0 Å². The first kappa shape index (κ1) is 671. The first-order valence-corrected chi connectivity index (χ1v) is 2.57. The highest BCUT2D eigenvalue weighted by Crippen LogP contribution is 1.45. The Morgan fingerprint density at radius 1 is 0.0702 bits per heavy atom. The van der Waals surface area contributed by atoms with Crippen molar-refractivity contribution >= 4 is 0 Å². The topological polar surface area (TPSA) is 0 Å². The van der Waals surface area contributed by atoms with E-state index in [4.69, 9.17) is 165 Å². The van der Waals surface area contributed by atoms with E-state index in [0.29, 0.717) is 0 Å². The third-order valence-electron chi connectivity index (χ3n) is 0. The van der Waals surface area contributed by atoms with Crippen LogP contribution in [0.3, 0.4) is 0 Å². The van der Waals surface area contributed by atoms with Gasteiger partial charge in [-0.05, 0) is 0 Å². The number of rotatable bonds is 0. The Morgan fingerprint density at radius 2 is 0.0702 bits per heavy atom. The normalized spacial score (nSPS) is 1.89. The van der Waals surface area contributed by atoms with Crippen molar-refractivity contribution in [3.8, 4) is 0 Å². The van der Waals surface area contributed by atoms with Crippen molar-refractivity contribution in [3.63, 3.8) is 0 Å². The molecule has 0 nitrogen and oxygen atoms in total. The largest absolute Gasteiger partial charge is 0.269 e. The van der Waals surface area contributed by atoms with E-state index in [0.717, 1.165) is 0 Å². The Bertz CT molecular complexity index is 47.4. The van der Waals surface area contributed by atoms with Gasteiger partial charge in [-0.25, -0.2) is 0 Å². The lowest BCUT2D eigenvalue weighted by Crippen LogP contribution is -0.580. The summed E-state index contributed by atoms with van der Waals surface area (Å²) in [5.41, 5.74) is 0. The van der Waals surface area contributed by atoms with Crippen LogP contribution in [-0.2, 0) is 0 Å². The summed E-state index contributed by atoms with van der Waals surface area (Å²) in [5.74, 6) is 0. The molecule has 0 fully saturated rings. The molecule has 0 rings (SSSR count). The number of halogens is 42. The zero-order chi connectivity index (χ0) is 36.0. The van der Waals surface area contributed by atoms with Crippen LogP contribution in [0.5, 0.6) is 0 Å². The van der Waals surface area contributed by atoms with Crippen LogP contribution in [0.15, 0.2) is 0 Å². The summed E-state index contributed by atoms with van der Waals surface area (Å²) in [4.78, 5) is 0. The molecule has 42 heteroatoms. The van der Waals surface area contributed by atoms with Gasteiger partial charge in [0, 0.05) is 165 Å². The number of hydrogen-bond acceptors (Lipinski definition) is 0. The van der Waals surface area contributed by atoms with Gasteiger partial charge in [0.1, 0.15) is 0 Å². The van der Waals surface area contributed by atoms with E-state index in [9.17, 15) is 0 Å². The highest BCUT2D eigenvalue weighted by Gasteiger charge is 1.03. The number of hydrogen-bond donors (Lipinski definition) is 0. The highest BCUT2D eigenvalue weighted by atomic mass is 20.0. The molecule has 0 saturated heterocycles. The molecule has 0 aliphatic rings. The summed E-state index contributed by atoms with van der Waals surface area (Å²) < 4.78 is 288. The average Bonchev–Trinajstić information content (AvgIpc) is 3.13. The zero-order valence-corrected chi connectivity index (χ0v) is 16.1. The van der Waals surface area contributed by atoms with Crippen molar-refractivity contribution < 1.29 is 193 Å². The maximum absolute atomic E-state index is 8.00. The predicted octanol–water partition coefficient (Wildman–Crippen LogP) is 25.6. The minimum atomic E-state index is 0. The minimum Gasteiger partial charge on any atom is -0.269 e. The van der Waals surface area contributed by atoms with Gasteiger partial charge >= 0.3 is 0 Å². The lowest BCUT2D eigenvalue weighted by Gasteiger charge is -1.00. The summed E-state index contributed by atoms with van der Waals surface area (Å²) >= 11 is 0. The van der Waals surface area contributed by atoms with Crippen LogP contribution in [0.25, 0.3) is 0 Å². The van der Waals surface area contributed by atoms with Crippen LogP contribution in [0.2, 0.25) is 0 Å². The smallest absolute Gasteiger partial charge is 0 e. The molecule has 57 heavy (non-hydrogen) atoms. The summed E-state index contributed by atoms with van der Waals surface area (Å²) in [6.07, 6.45) is 0. The summed E-state index contributed by atoms with van der Waals surface area (Å²) in [7, 11) is 0. The van der Waals surface area contributed by atoms with Crippen molar-refractivity contribution in [3.05, 3.63) is 0 Å². The molecule has 0 aromatic heterocycles. The first-order valence-electron chi connectivity index (χ1n) is 2.57. The average molecular weight is 1040 g/mol. The summed E-state index contributed by atoms with van der Waals surface area (Å²) in [5, 5.41) is 0. The van der Waals surface area contributed by atoms with E-state index in [-0.39, 0.29) is 140 Å². The molecule has 0 aromatic carbocycles. The molecule has 0 saturated carbocycles. The van der Waals surface area contributed by atoms with E-state index in [2.05, 4.69) is 0 Å². The molecule has 0 aliphatic heterocycles. The zero-order valence-electron chi connectivity index (χ0n) is 16.1. The monoisotopic (exact) mass is 1040 g/mol. The lowest BCUT2D eigenvalue weighted by atomic mass is 12.0. The fourth-order valence-corrected chi connectivity index (χ4v) is 0. The van der Waals surface area contributed by atoms with Gasteiger partial charge in [-0.2, -0.15) is 0 Å². The Labute approximate surface area is 306 Å². The molecular weight excluding hydrogens is 978 g/mol. The predicted molar refractivity (Wildman–Crippen MR) is 156 cm³/mol. The van der Waals surface area contributed by atoms with Gasteiger partial charge in [0.05, 0.1) is 0 Å². The molecule has 0 aromatic rings. The molecule has 0 spiro atoms. The Kier molecular flexibility index (Phi) is 196000. The van der Waals surface area contributed by atoms with Gasteiger partial charge in [0.2, 0.25) is 0 Å². The molecule has 420 valence electrons. The Morgan fingerprint density at radius 3 is 0.0702 bits per heavy atom. The lowest BCUT2D eigenvalue weighted by molar-refractivity contribution is 0.108. The maximum Gasteiger partial charge on any atom is 0 e. The first-order chi connectivity index (χ1) is 18.0. The quantitative estimate of drug-likeness (QED) is 0.212. The SMILES string of the molecule is C.C.C.C.C.C.C.C.C.C.C.C.C.C.C.F.F.F.F.F.F.FF.FF.FF.FF.FF.FF.FF.FF.FF.FF.FF.FF.FF.FF.FF.FF.FF.FF. The summed E-state index contributed by atoms with van der Waals surface area (Å²) in [6, 6.07) is 0. The van der Waals surface area contributed by atoms with Crippen LogP contribution in [0.4, 0.5) is 193 Å². The molecule has 0 unspecified atom stereocenters. The van der Waals surface area contributed by atoms with E-state index < -0.39 is 0 Å². The molecular formula is C15H66F42. The fraction of sp³-hybridized carbons (Fsp3) is 1.00. The maximum atomic E-state index is 8.00. The Hall–Kier alpha value is -2.94. The van der Waals surface area contributed by atoms with Gasteiger partial charge in [-0.3, -0.25) is 28.2 Å². The molecule has 0 amide bonds. The standard InChI is InChI=1S/15CH4.18F2.6FH/c;;;;;;;;;;;;;;;18*1-2;;;;;;/h15*1H4;;;;;;;;;;;;;;;;;;;6*1H. The van der Waals surface area contributed by atoms with Crippen molar-refractivity contribution in [1.82, 2.24) is 0 Å². The second-order valence-corrected chi connectivity index (χ2v) is 0. The third kappa shape index (κ3) is 16000. The third-order valence-corrected chi connectivity index (χ3v) is 0. The second kappa shape index (κ2) is 16600. The van der Waals surface area contributed by atoms with Crippen molar-refractivity contribution in [2.24, 2.45) is 0 Å². The van der Waals surface area contributed by atoms with E-state index in [1.165, 1.54) is 0 Å². The van der Waals surface area contributed by atoms with Crippen LogP contribution in [-0.4, -0.2) is 0 Å². The molecule has 0 atom stereocenters. The van der Waals surface area contributed by atoms with Crippen LogP contribution in [0, 0.1) is 0 Å². The summed E-state index contributed by atoms with van der Waals surface area (Å²) in [6.45, 7) is 0. The second-order valence-electron chi connectivity index (χ2n) is 0. The molecule has 0 bridgehead atoms. The molecule has 0 aliphatic carbocycles. The van der Waals surface area contributed by atoms with Crippen molar-refractivity contribution in [2.75, 3.05) is 0 Å². The van der Waals surface area contributed by atoms with Gasteiger partial charge in [0.15, 0.2) is 0 Å². The molecule has 0 radical (unpaired) electrons. The minimum absolute atomic E-state index is 0. The van der Waals surface area contributed by atoms with Crippen LogP contribution >= 0.6 is 0 Å². The van der Waals surface area contributed by atoms with Gasteiger partial charge in [-0.15, -0.1) is 0 Å². The van der Waals surface area contributed by atoms with E-state index in [1.54, 1.807) is 0 Å². The van der Waals surface area contributed by atoms with E-state index >= 15 is 0 Å². The van der Waals surface area contributed by atoms with Gasteiger partial charge < -0.3 is 0 Å². The van der Waals surface area contributed by atoms with Crippen molar-refractivity contribution in [2.45, 2.75) is 111 Å². The highest BCUT2D eigenvalue weighted by molar-refractivity contribution is 2.52. The van der Waals surface area contributed by atoms with E-state index in [1.807, 2.05) is 0 Å². The van der Waals surface area contributed by atoms with Gasteiger partial charge in [-0.1, -0.05) is 111 Å².